The quantitative estimate of drug-likeness (QED) is 0.553. The molecule has 0 unspecified atom stereocenters. The van der Waals surface area contributed by atoms with E-state index >= 15 is 0 Å². The van der Waals surface area contributed by atoms with Gasteiger partial charge in [-0.25, -0.2) is 9.18 Å². The molecule has 2 heterocycles. The standard InChI is InChI=1S/C20H17BrFN5O2S/c21-13-8-6-12(7-9-13)18-25-26-19(30-18)24-17(28)16-5-2-10-27(16)20(29)23-15-4-1-3-14(22)11-15/h1,3-4,6-9,11,16H,2,5,10H2,(H,23,29)(H,24,26,28)/t16-/m0/s1. The molecule has 1 saturated heterocycles. The van der Waals surface area contributed by atoms with Gasteiger partial charge < -0.3 is 10.2 Å². The molecule has 1 atom stereocenters. The van der Waals surface area contributed by atoms with Crippen LogP contribution in [-0.2, 0) is 4.79 Å². The van der Waals surface area contributed by atoms with Crippen LogP contribution in [0.5, 0.6) is 0 Å². The van der Waals surface area contributed by atoms with Crippen molar-refractivity contribution in [2.45, 2.75) is 18.9 Å². The van der Waals surface area contributed by atoms with Gasteiger partial charge in [-0.3, -0.25) is 10.1 Å². The topological polar surface area (TPSA) is 87.2 Å². The first-order valence-corrected chi connectivity index (χ1v) is 10.8. The van der Waals surface area contributed by atoms with Gasteiger partial charge in [-0.15, -0.1) is 10.2 Å². The highest BCUT2D eigenvalue weighted by molar-refractivity contribution is 9.10. The molecule has 0 spiro atoms. The summed E-state index contributed by atoms with van der Waals surface area (Å²) in [5.74, 6) is -0.762. The van der Waals surface area contributed by atoms with E-state index in [0.29, 0.717) is 35.2 Å². The summed E-state index contributed by atoms with van der Waals surface area (Å²) < 4.78 is 14.3. The third-order valence-electron chi connectivity index (χ3n) is 4.64. The van der Waals surface area contributed by atoms with Crippen molar-refractivity contribution in [3.63, 3.8) is 0 Å². The van der Waals surface area contributed by atoms with E-state index in [0.717, 1.165) is 10.0 Å². The summed E-state index contributed by atoms with van der Waals surface area (Å²) in [5.41, 5.74) is 1.24. The zero-order chi connectivity index (χ0) is 21.1. The van der Waals surface area contributed by atoms with Crippen molar-refractivity contribution in [1.82, 2.24) is 15.1 Å². The van der Waals surface area contributed by atoms with Crippen molar-refractivity contribution >= 4 is 50.0 Å². The summed E-state index contributed by atoms with van der Waals surface area (Å²) in [7, 11) is 0. The number of nitrogens with zero attached hydrogens (tertiary/aromatic N) is 3. The molecule has 4 rings (SSSR count). The van der Waals surface area contributed by atoms with E-state index in [-0.39, 0.29) is 5.91 Å². The van der Waals surface area contributed by atoms with Gasteiger partial charge >= 0.3 is 6.03 Å². The van der Waals surface area contributed by atoms with Crippen LogP contribution < -0.4 is 10.6 Å². The Kier molecular flexibility index (Phi) is 6.05. The third kappa shape index (κ3) is 4.65. The SMILES string of the molecule is O=C(Nc1nnc(-c2ccc(Br)cc2)s1)[C@@H]1CCCN1C(=O)Nc1cccc(F)c1. The molecule has 154 valence electrons. The molecule has 1 aliphatic heterocycles. The molecule has 0 saturated carbocycles. The zero-order valence-corrected chi connectivity index (χ0v) is 18.0. The molecule has 2 N–H and O–H groups in total. The van der Waals surface area contributed by atoms with Gasteiger partial charge in [0.25, 0.3) is 0 Å². The minimum Gasteiger partial charge on any atom is -0.312 e. The van der Waals surface area contributed by atoms with E-state index in [4.69, 9.17) is 0 Å². The molecule has 3 amide bonds. The van der Waals surface area contributed by atoms with Crippen LogP contribution >= 0.6 is 27.3 Å². The summed E-state index contributed by atoms with van der Waals surface area (Å²) >= 11 is 4.65. The molecule has 30 heavy (non-hydrogen) atoms. The van der Waals surface area contributed by atoms with Crippen LogP contribution in [0.15, 0.2) is 53.0 Å². The normalized spacial score (nSPS) is 15.8. The number of amides is 3. The molecule has 7 nitrogen and oxygen atoms in total. The maximum absolute atomic E-state index is 13.3. The smallest absolute Gasteiger partial charge is 0.312 e. The highest BCUT2D eigenvalue weighted by Gasteiger charge is 2.34. The predicted octanol–water partition coefficient (Wildman–Crippen LogP) is 4.74. The largest absolute Gasteiger partial charge is 0.322 e. The van der Waals surface area contributed by atoms with E-state index in [1.54, 1.807) is 6.07 Å². The van der Waals surface area contributed by atoms with E-state index in [9.17, 15) is 14.0 Å². The van der Waals surface area contributed by atoms with Crippen LogP contribution in [0.25, 0.3) is 10.6 Å². The fraction of sp³-hybridized carbons (Fsp3) is 0.200. The second-order valence-corrected chi connectivity index (χ2v) is 8.59. The van der Waals surface area contributed by atoms with Crippen LogP contribution in [0.2, 0.25) is 0 Å². The predicted molar refractivity (Wildman–Crippen MR) is 117 cm³/mol. The molecule has 1 aromatic heterocycles. The van der Waals surface area contributed by atoms with Gasteiger partial charge in [0.2, 0.25) is 11.0 Å². The minimum atomic E-state index is -0.626. The average molecular weight is 490 g/mol. The molecule has 1 fully saturated rings. The van der Waals surface area contributed by atoms with Gasteiger partial charge in [0, 0.05) is 22.3 Å². The van der Waals surface area contributed by atoms with E-state index < -0.39 is 17.9 Å². The van der Waals surface area contributed by atoms with Gasteiger partial charge in [-0.2, -0.15) is 0 Å². The number of aromatic nitrogens is 2. The molecular formula is C20H17BrFN5O2S. The second kappa shape index (κ2) is 8.88. The molecule has 3 aromatic rings. The first-order valence-electron chi connectivity index (χ1n) is 9.23. The van der Waals surface area contributed by atoms with Crippen LogP contribution in [-0.4, -0.2) is 39.6 Å². The van der Waals surface area contributed by atoms with Crippen LogP contribution in [0.4, 0.5) is 20.0 Å². The summed E-state index contributed by atoms with van der Waals surface area (Å²) in [6, 6.07) is 12.2. The Morgan fingerprint density at radius 3 is 2.70 bits per heavy atom. The summed E-state index contributed by atoms with van der Waals surface area (Å²) in [5, 5.41) is 14.6. The fourth-order valence-corrected chi connectivity index (χ4v) is 4.23. The minimum absolute atomic E-state index is 0.319. The highest BCUT2D eigenvalue weighted by atomic mass is 79.9. The maximum atomic E-state index is 13.3. The van der Waals surface area contributed by atoms with Gasteiger partial charge in [-0.1, -0.05) is 45.5 Å². The molecule has 10 heteroatoms. The van der Waals surface area contributed by atoms with Crippen molar-refractivity contribution in [2.24, 2.45) is 0 Å². The van der Waals surface area contributed by atoms with Crippen molar-refractivity contribution in [3.8, 4) is 10.6 Å². The maximum Gasteiger partial charge on any atom is 0.322 e. The van der Waals surface area contributed by atoms with Crippen LogP contribution in [0, 0.1) is 5.82 Å². The van der Waals surface area contributed by atoms with Gasteiger partial charge in [0.1, 0.15) is 16.9 Å². The van der Waals surface area contributed by atoms with E-state index in [1.807, 2.05) is 24.3 Å². The molecule has 0 radical (unpaired) electrons. The van der Waals surface area contributed by atoms with E-state index in [1.165, 1.54) is 34.4 Å². The number of hydrogen-bond donors (Lipinski definition) is 2. The average Bonchev–Trinajstić information content (AvgIpc) is 3.38. The second-order valence-electron chi connectivity index (χ2n) is 6.70. The molecule has 0 aliphatic carbocycles. The first-order chi connectivity index (χ1) is 14.5. The Bertz CT molecular complexity index is 1080. The molecule has 2 aromatic carbocycles. The number of hydrogen-bond acceptors (Lipinski definition) is 5. The number of halogens is 2. The number of anilines is 2. The Labute approximate surface area is 184 Å². The zero-order valence-electron chi connectivity index (χ0n) is 15.6. The summed E-state index contributed by atoms with van der Waals surface area (Å²) in [4.78, 5) is 26.8. The number of carbonyl (C=O) groups excluding carboxylic acids is 2. The van der Waals surface area contributed by atoms with Crippen molar-refractivity contribution < 1.29 is 14.0 Å². The molecule has 1 aliphatic rings. The van der Waals surface area contributed by atoms with Gasteiger partial charge in [0.15, 0.2) is 0 Å². The number of carbonyl (C=O) groups is 2. The Hall–Kier alpha value is -2.85. The number of likely N-dealkylation sites (tertiary alicyclic amines) is 1. The Balaban J connectivity index is 1.41. The number of urea groups is 1. The van der Waals surface area contributed by atoms with Crippen molar-refractivity contribution in [3.05, 3.63) is 58.8 Å². The Morgan fingerprint density at radius 1 is 1.13 bits per heavy atom. The molecule has 0 bridgehead atoms. The molecular weight excluding hydrogens is 473 g/mol. The van der Waals surface area contributed by atoms with Gasteiger partial charge in [0.05, 0.1) is 0 Å². The lowest BCUT2D eigenvalue weighted by Gasteiger charge is -2.23. The third-order valence-corrected chi connectivity index (χ3v) is 6.05. The van der Waals surface area contributed by atoms with Crippen molar-refractivity contribution in [1.29, 1.82) is 0 Å². The Morgan fingerprint density at radius 2 is 1.93 bits per heavy atom. The summed E-state index contributed by atoms with van der Waals surface area (Å²) in [6.07, 6.45) is 1.25. The van der Waals surface area contributed by atoms with Crippen molar-refractivity contribution in [2.75, 3.05) is 17.2 Å². The number of nitrogens with one attached hydrogen (secondary N) is 2. The van der Waals surface area contributed by atoms with Gasteiger partial charge in [-0.05, 0) is 43.2 Å². The lowest BCUT2D eigenvalue weighted by Crippen LogP contribution is -2.45. The van der Waals surface area contributed by atoms with Crippen LogP contribution in [0.3, 0.4) is 0 Å². The lowest BCUT2D eigenvalue weighted by atomic mass is 10.2. The fourth-order valence-electron chi connectivity index (χ4n) is 3.22. The van der Waals surface area contributed by atoms with Crippen LogP contribution in [0.1, 0.15) is 12.8 Å². The monoisotopic (exact) mass is 489 g/mol. The summed E-state index contributed by atoms with van der Waals surface area (Å²) in [6.45, 7) is 0.444. The first kappa shape index (κ1) is 20.4. The van der Waals surface area contributed by atoms with E-state index in [2.05, 4.69) is 36.8 Å². The lowest BCUT2D eigenvalue weighted by molar-refractivity contribution is -0.119. The number of rotatable bonds is 4. The number of benzene rings is 2. The highest BCUT2D eigenvalue weighted by Crippen LogP contribution is 2.28.